The number of aromatic nitrogens is 1. The molecule has 4 N–H and O–H groups in total. The van der Waals surface area contributed by atoms with Crippen LogP contribution >= 0.6 is 0 Å². The Kier molecular flexibility index (Phi) is 7.68. The van der Waals surface area contributed by atoms with E-state index in [0.717, 1.165) is 32.0 Å². The third-order valence-electron chi connectivity index (χ3n) is 5.28. The van der Waals surface area contributed by atoms with Crippen LogP contribution in [-0.2, 0) is 0 Å². The third-order valence-corrected chi connectivity index (χ3v) is 5.28. The van der Waals surface area contributed by atoms with Crippen molar-refractivity contribution in [3.8, 4) is 5.88 Å². The van der Waals surface area contributed by atoms with E-state index in [1.807, 2.05) is 0 Å². The number of nitrogens with one attached hydrogen (secondary N) is 2. The zero-order valence-corrected chi connectivity index (χ0v) is 17.9. The monoisotopic (exact) mass is 449 g/mol. The number of carbonyl (C=O) groups is 1. The number of halogens is 3. The van der Waals surface area contributed by atoms with Gasteiger partial charge in [0.1, 0.15) is 17.8 Å². The minimum absolute atomic E-state index is 0.0209. The summed E-state index contributed by atoms with van der Waals surface area (Å²) >= 11 is 0. The van der Waals surface area contributed by atoms with Crippen molar-refractivity contribution in [1.29, 1.82) is 0 Å². The van der Waals surface area contributed by atoms with Crippen molar-refractivity contribution in [2.45, 2.75) is 38.3 Å². The normalized spacial score (nSPS) is 16.1. The van der Waals surface area contributed by atoms with Gasteiger partial charge in [0.2, 0.25) is 5.88 Å². The Hall–Kier alpha value is -3.14. The summed E-state index contributed by atoms with van der Waals surface area (Å²) in [6.45, 7) is 3.20. The summed E-state index contributed by atoms with van der Waals surface area (Å²) < 4.78 is 46.5. The average molecular weight is 449 g/mol. The van der Waals surface area contributed by atoms with Gasteiger partial charge >= 0.3 is 0 Å². The summed E-state index contributed by atoms with van der Waals surface area (Å²) in [4.78, 5) is 20.8. The molecule has 1 aromatic heterocycles. The smallest absolute Gasteiger partial charge is 0.266 e. The maximum absolute atomic E-state index is 14.5. The van der Waals surface area contributed by atoms with E-state index in [1.165, 1.54) is 38.4 Å². The molecule has 1 aliphatic rings. The minimum Gasteiger partial charge on any atom is -0.474 e. The van der Waals surface area contributed by atoms with Crippen LogP contribution in [0.2, 0.25) is 0 Å². The van der Waals surface area contributed by atoms with Gasteiger partial charge in [0.25, 0.3) is 12.3 Å². The van der Waals surface area contributed by atoms with Gasteiger partial charge < -0.3 is 21.1 Å². The number of pyridine rings is 1. The van der Waals surface area contributed by atoms with E-state index in [2.05, 4.69) is 20.6 Å². The lowest BCUT2D eigenvalue weighted by Gasteiger charge is -2.23. The Bertz CT molecular complexity index is 994. The number of rotatable bonds is 7. The Balaban J connectivity index is 1.94. The predicted molar refractivity (Wildman–Crippen MR) is 115 cm³/mol. The number of carbonyl (C=O) groups excluding carboxylic acids is 1. The molecule has 0 radical (unpaired) electrons. The molecule has 1 aliphatic heterocycles. The van der Waals surface area contributed by atoms with Crippen LogP contribution < -0.4 is 21.1 Å². The zero-order chi connectivity index (χ0) is 23.3. The van der Waals surface area contributed by atoms with Gasteiger partial charge in [0, 0.05) is 30.4 Å². The average Bonchev–Trinajstić information content (AvgIpc) is 2.79. The molecule has 1 aromatic carbocycles. The van der Waals surface area contributed by atoms with Crippen molar-refractivity contribution in [3.63, 3.8) is 0 Å². The van der Waals surface area contributed by atoms with Crippen molar-refractivity contribution in [2.24, 2.45) is 10.7 Å². The molecule has 2 aromatic rings. The number of aliphatic imine (C=N–C) groups is 1. The molecule has 0 spiro atoms. The highest BCUT2D eigenvalue weighted by molar-refractivity contribution is 6.08. The molecular formula is C22H26F3N5O2. The van der Waals surface area contributed by atoms with Crippen molar-refractivity contribution < 1.29 is 22.7 Å². The van der Waals surface area contributed by atoms with E-state index in [4.69, 9.17) is 10.5 Å². The highest BCUT2D eigenvalue weighted by Gasteiger charge is 2.22. The van der Waals surface area contributed by atoms with E-state index in [0.29, 0.717) is 0 Å². The van der Waals surface area contributed by atoms with Gasteiger partial charge in [-0.1, -0.05) is 18.2 Å². The molecule has 0 saturated carbocycles. The predicted octanol–water partition coefficient (Wildman–Crippen LogP) is 3.12. The number of benzene rings is 1. The lowest BCUT2D eigenvalue weighted by molar-refractivity contribution is 0.0962. The van der Waals surface area contributed by atoms with E-state index >= 15 is 0 Å². The Morgan fingerprint density at radius 1 is 1.28 bits per heavy atom. The van der Waals surface area contributed by atoms with Crippen LogP contribution in [-0.4, -0.2) is 43.0 Å². The van der Waals surface area contributed by atoms with E-state index in [-0.39, 0.29) is 34.5 Å². The van der Waals surface area contributed by atoms with Crippen LogP contribution in [0.15, 0.2) is 35.5 Å². The van der Waals surface area contributed by atoms with Gasteiger partial charge in [0.15, 0.2) is 0 Å². The number of amides is 1. The number of hydrogen-bond acceptors (Lipinski definition) is 5. The molecule has 1 fully saturated rings. The SMILES string of the molecule is CNC(=O)c1cnc(OC2CCNCC2)cc1C(N)=N[C@H](C)c1cccc(C(F)F)c1F. The molecule has 172 valence electrons. The number of alkyl halides is 2. The molecule has 1 atom stereocenters. The van der Waals surface area contributed by atoms with Gasteiger partial charge in [-0.15, -0.1) is 0 Å². The topological polar surface area (TPSA) is 102 Å². The van der Waals surface area contributed by atoms with Gasteiger partial charge in [0.05, 0.1) is 17.2 Å². The molecule has 32 heavy (non-hydrogen) atoms. The van der Waals surface area contributed by atoms with Crippen LogP contribution in [0.25, 0.3) is 0 Å². The highest BCUT2D eigenvalue weighted by atomic mass is 19.3. The summed E-state index contributed by atoms with van der Waals surface area (Å²) in [6.07, 6.45) is 0.00243. The first-order chi connectivity index (χ1) is 15.3. The fourth-order valence-corrected chi connectivity index (χ4v) is 3.52. The summed E-state index contributed by atoms with van der Waals surface area (Å²) in [5.74, 6) is -1.23. The molecule has 3 rings (SSSR count). The second-order valence-electron chi connectivity index (χ2n) is 7.46. The van der Waals surface area contributed by atoms with Crippen LogP contribution in [0, 0.1) is 5.82 Å². The van der Waals surface area contributed by atoms with Crippen LogP contribution in [0.1, 0.15) is 59.3 Å². The Labute approximate surface area is 184 Å². The van der Waals surface area contributed by atoms with Crippen molar-refractivity contribution in [2.75, 3.05) is 20.1 Å². The summed E-state index contributed by atoms with van der Waals surface area (Å²) in [6, 6.07) is 4.40. The molecule has 2 heterocycles. The fourth-order valence-electron chi connectivity index (χ4n) is 3.52. The number of amidine groups is 1. The first-order valence-electron chi connectivity index (χ1n) is 10.3. The maximum atomic E-state index is 14.5. The van der Waals surface area contributed by atoms with Crippen LogP contribution in [0.5, 0.6) is 5.88 Å². The number of hydrogen-bond donors (Lipinski definition) is 3. The highest BCUT2D eigenvalue weighted by Crippen LogP contribution is 2.29. The zero-order valence-electron chi connectivity index (χ0n) is 17.9. The minimum atomic E-state index is -2.95. The Morgan fingerprint density at radius 3 is 2.62 bits per heavy atom. The summed E-state index contributed by atoms with van der Waals surface area (Å²) in [7, 11) is 1.47. The van der Waals surface area contributed by atoms with E-state index < -0.39 is 29.8 Å². The van der Waals surface area contributed by atoms with Gasteiger partial charge in [-0.2, -0.15) is 0 Å². The van der Waals surface area contributed by atoms with Crippen molar-refractivity contribution >= 4 is 11.7 Å². The van der Waals surface area contributed by atoms with Gasteiger partial charge in [-0.05, 0) is 32.9 Å². The summed E-state index contributed by atoms with van der Waals surface area (Å²) in [5, 5.41) is 5.75. The van der Waals surface area contributed by atoms with Crippen molar-refractivity contribution in [3.05, 3.63) is 58.5 Å². The number of nitrogens with two attached hydrogens (primary N) is 1. The number of nitrogens with zero attached hydrogens (tertiary/aromatic N) is 2. The standard InChI is InChI=1S/C22H26F3N5O2/c1-12(14-4-3-5-15(19(14)23)20(24)25)30-21(26)16-10-18(29-11-17(16)22(31)27-2)32-13-6-8-28-9-7-13/h3-5,10-13,20,28H,6-9H2,1-2H3,(H2,26,30)(H,27,31)/t12-/m1/s1. The lowest BCUT2D eigenvalue weighted by atomic mass is 10.0. The number of ether oxygens (including phenoxy) is 1. The molecule has 0 aliphatic carbocycles. The molecule has 0 bridgehead atoms. The largest absolute Gasteiger partial charge is 0.474 e. The fraction of sp³-hybridized carbons (Fsp3) is 0.409. The lowest BCUT2D eigenvalue weighted by Crippen LogP contribution is -2.34. The molecule has 0 unspecified atom stereocenters. The maximum Gasteiger partial charge on any atom is 0.266 e. The second kappa shape index (κ2) is 10.4. The van der Waals surface area contributed by atoms with Gasteiger partial charge in [-0.3, -0.25) is 9.79 Å². The van der Waals surface area contributed by atoms with E-state index in [9.17, 15) is 18.0 Å². The summed E-state index contributed by atoms with van der Waals surface area (Å²) in [5.41, 5.74) is 5.89. The molecular weight excluding hydrogens is 423 g/mol. The molecule has 7 nitrogen and oxygen atoms in total. The third kappa shape index (κ3) is 5.37. The van der Waals surface area contributed by atoms with Gasteiger partial charge in [-0.25, -0.2) is 18.2 Å². The van der Waals surface area contributed by atoms with Crippen LogP contribution in [0.4, 0.5) is 13.2 Å². The van der Waals surface area contributed by atoms with E-state index in [1.54, 1.807) is 0 Å². The molecule has 1 saturated heterocycles. The number of piperidine rings is 1. The quantitative estimate of drug-likeness (QED) is 0.445. The van der Waals surface area contributed by atoms with Crippen LogP contribution in [0.3, 0.4) is 0 Å². The first-order valence-corrected chi connectivity index (χ1v) is 10.3. The molecule has 1 amide bonds. The Morgan fingerprint density at radius 2 is 1.97 bits per heavy atom. The molecule has 10 heteroatoms. The first kappa shape index (κ1) is 23.5. The van der Waals surface area contributed by atoms with Crippen molar-refractivity contribution in [1.82, 2.24) is 15.6 Å². The second-order valence-corrected chi connectivity index (χ2v) is 7.46.